The molecule has 0 aromatic heterocycles. The Labute approximate surface area is 56.1 Å². The maximum Gasteiger partial charge on any atom is 0.352 e. The zero-order valence-electron chi connectivity index (χ0n) is 4.50. The lowest BCUT2D eigenvalue weighted by atomic mass is 10.5. The van der Waals surface area contributed by atoms with Crippen molar-refractivity contribution in [2.45, 2.75) is 5.50 Å². The van der Waals surface area contributed by atoms with Gasteiger partial charge in [-0.2, -0.15) is 0 Å². The molecule has 5 heteroatoms. The van der Waals surface area contributed by atoms with Crippen LogP contribution in [0.25, 0.3) is 0 Å². The van der Waals surface area contributed by atoms with E-state index >= 15 is 0 Å². The van der Waals surface area contributed by atoms with Gasteiger partial charge in [-0.1, -0.05) is 11.8 Å². The van der Waals surface area contributed by atoms with Crippen LogP contribution in [0.15, 0.2) is 11.1 Å². The SMILES string of the molecule is NC1NC(C(=O)O)=CS1. The van der Waals surface area contributed by atoms with Gasteiger partial charge in [-0.3, -0.25) is 0 Å². The summed E-state index contributed by atoms with van der Waals surface area (Å²) in [5.74, 6) is -0.963. The van der Waals surface area contributed by atoms with Crippen molar-refractivity contribution in [1.82, 2.24) is 5.32 Å². The van der Waals surface area contributed by atoms with E-state index in [1.54, 1.807) is 0 Å². The zero-order chi connectivity index (χ0) is 6.85. The standard InChI is InChI=1S/C4H6N2O2S/c5-4-6-2(1-9-4)3(7)8/h1,4,6H,5H2,(H,7,8). The van der Waals surface area contributed by atoms with Gasteiger partial charge >= 0.3 is 5.97 Å². The maximum atomic E-state index is 10.1. The van der Waals surface area contributed by atoms with Gasteiger partial charge in [-0.15, -0.1) is 0 Å². The van der Waals surface area contributed by atoms with Gasteiger partial charge in [-0.05, 0) is 0 Å². The average Bonchev–Trinajstić information content (AvgIpc) is 2.14. The van der Waals surface area contributed by atoms with Gasteiger partial charge in [0.05, 0.1) is 0 Å². The number of carboxylic acids is 1. The van der Waals surface area contributed by atoms with Crippen molar-refractivity contribution in [2.75, 3.05) is 0 Å². The molecule has 0 saturated heterocycles. The highest BCUT2D eigenvalue weighted by atomic mass is 32.2. The summed E-state index contributed by atoms with van der Waals surface area (Å²) in [7, 11) is 0. The summed E-state index contributed by atoms with van der Waals surface area (Å²) in [6, 6.07) is 0. The molecule has 0 bridgehead atoms. The largest absolute Gasteiger partial charge is 0.477 e. The number of hydrogen-bond donors (Lipinski definition) is 3. The van der Waals surface area contributed by atoms with Gasteiger partial charge < -0.3 is 16.2 Å². The Morgan fingerprint density at radius 1 is 2.00 bits per heavy atom. The quantitative estimate of drug-likeness (QED) is 0.464. The van der Waals surface area contributed by atoms with E-state index in [0.29, 0.717) is 0 Å². The number of carboxylic acid groups (broad SMARTS) is 1. The number of nitrogens with two attached hydrogens (primary N) is 1. The minimum atomic E-state index is -0.963. The van der Waals surface area contributed by atoms with E-state index < -0.39 is 5.97 Å². The molecule has 4 N–H and O–H groups in total. The molecular weight excluding hydrogens is 140 g/mol. The highest BCUT2D eigenvalue weighted by Gasteiger charge is 2.16. The van der Waals surface area contributed by atoms with Crippen molar-refractivity contribution in [3.8, 4) is 0 Å². The van der Waals surface area contributed by atoms with E-state index in [0.717, 1.165) is 0 Å². The number of nitrogens with one attached hydrogen (secondary N) is 1. The average molecular weight is 146 g/mol. The van der Waals surface area contributed by atoms with Crippen LogP contribution in [0.2, 0.25) is 0 Å². The first-order valence-corrected chi connectivity index (χ1v) is 3.25. The Bertz CT molecular complexity index is 168. The fourth-order valence-corrected chi connectivity index (χ4v) is 1.12. The smallest absolute Gasteiger partial charge is 0.352 e. The first kappa shape index (κ1) is 6.44. The number of rotatable bonds is 1. The minimum absolute atomic E-state index is 0.174. The fraction of sp³-hybridized carbons (Fsp3) is 0.250. The second-order valence-electron chi connectivity index (χ2n) is 1.54. The molecule has 0 amide bonds. The van der Waals surface area contributed by atoms with Crippen molar-refractivity contribution >= 4 is 17.7 Å². The van der Waals surface area contributed by atoms with Crippen molar-refractivity contribution < 1.29 is 9.90 Å². The summed E-state index contributed by atoms with van der Waals surface area (Å²) in [6.07, 6.45) is 0. The van der Waals surface area contributed by atoms with E-state index in [1.807, 2.05) is 0 Å². The normalized spacial score (nSPS) is 25.0. The summed E-state index contributed by atoms with van der Waals surface area (Å²) < 4.78 is 0. The van der Waals surface area contributed by atoms with Gasteiger partial charge in [0.25, 0.3) is 0 Å². The van der Waals surface area contributed by atoms with E-state index in [9.17, 15) is 4.79 Å². The Kier molecular flexibility index (Phi) is 1.63. The fourth-order valence-electron chi connectivity index (χ4n) is 0.475. The highest BCUT2D eigenvalue weighted by Crippen LogP contribution is 2.15. The first-order chi connectivity index (χ1) is 4.20. The molecule has 50 valence electrons. The van der Waals surface area contributed by atoms with E-state index in [-0.39, 0.29) is 11.2 Å². The summed E-state index contributed by atoms with van der Waals surface area (Å²) in [4.78, 5) is 10.1. The highest BCUT2D eigenvalue weighted by molar-refractivity contribution is 8.02. The van der Waals surface area contributed by atoms with Gasteiger partial charge in [0.2, 0.25) is 0 Å². The van der Waals surface area contributed by atoms with Crippen LogP contribution < -0.4 is 11.1 Å². The lowest BCUT2D eigenvalue weighted by molar-refractivity contribution is -0.133. The first-order valence-electron chi connectivity index (χ1n) is 2.31. The van der Waals surface area contributed by atoms with Gasteiger partial charge in [0.1, 0.15) is 11.2 Å². The van der Waals surface area contributed by atoms with Crippen LogP contribution in [-0.4, -0.2) is 16.6 Å². The summed E-state index contributed by atoms with van der Waals surface area (Å²) in [6.45, 7) is 0. The monoisotopic (exact) mass is 146 g/mol. The molecule has 9 heavy (non-hydrogen) atoms. The Morgan fingerprint density at radius 2 is 2.67 bits per heavy atom. The molecule has 1 unspecified atom stereocenters. The third-order valence-corrected chi connectivity index (χ3v) is 1.64. The number of hydrogen-bond acceptors (Lipinski definition) is 4. The van der Waals surface area contributed by atoms with Gasteiger partial charge in [0.15, 0.2) is 0 Å². The van der Waals surface area contributed by atoms with Crippen LogP contribution in [0.5, 0.6) is 0 Å². The minimum Gasteiger partial charge on any atom is -0.477 e. The van der Waals surface area contributed by atoms with Crippen LogP contribution in [-0.2, 0) is 4.79 Å². The molecule has 1 rings (SSSR count). The molecule has 0 aromatic carbocycles. The van der Waals surface area contributed by atoms with Crippen LogP contribution in [0.3, 0.4) is 0 Å². The third kappa shape index (κ3) is 1.36. The predicted octanol–water partition coefficient (Wildman–Crippen LogP) is -0.509. The predicted molar refractivity (Wildman–Crippen MR) is 34.4 cm³/mol. The number of aliphatic carboxylic acids is 1. The Hall–Kier alpha value is -0.680. The summed E-state index contributed by atoms with van der Waals surface area (Å²) in [5, 5.41) is 12.4. The molecular formula is C4H6N2O2S. The van der Waals surface area contributed by atoms with Gasteiger partial charge in [-0.25, -0.2) is 4.79 Å². The third-order valence-electron chi connectivity index (χ3n) is 0.861. The zero-order valence-corrected chi connectivity index (χ0v) is 5.31. The van der Waals surface area contributed by atoms with Gasteiger partial charge in [0, 0.05) is 5.41 Å². The van der Waals surface area contributed by atoms with E-state index in [2.05, 4.69) is 5.32 Å². The number of thioether (sulfide) groups is 1. The number of carbonyl (C=O) groups is 1. The Balaban J connectivity index is 2.55. The molecule has 0 fully saturated rings. The molecule has 0 saturated carbocycles. The second kappa shape index (κ2) is 2.28. The van der Waals surface area contributed by atoms with E-state index in [4.69, 9.17) is 10.8 Å². The Morgan fingerprint density at radius 3 is 2.89 bits per heavy atom. The maximum absolute atomic E-state index is 10.1. The molecule has 4 nitrogen and oxygen atoms in total. The lowest BCUT2D eigenvalue weighted by Crippen LogP contribution is -2.31. The molecule has 0 aliphatic carbocycles. The van der Waals surface area contributed by atoms with Crippen LogP contribution >= 0.6 is 11.8 Å². The molecule has 0 spiro atoms. The van der Waals surface area contributed by atoms with Crippen LogP contribution in [0.4, 0.5) is 0 Å². The lowest BCUT2D eigenvalue weighted by Gasteiger charge is -2.01. The van der Waals surface area contributed by atoms with Crippen molar-refractivity contribution in [3.05, 3.63) is 11.1 Å². The van der Waals surface area contributed by atoms with Crippen molar-refractivity contribution in [2.24, 2.45) is 5.73 Å². The molecule has 1 aliphatic heterocycles. The summed E-state index contributed by atoms with van der Waals surface area (Å²) >= 11 is 1.26. The molecule has 0 radical (unpaired) electrons. The van der Waals surface area contributed by atoms with Crippen molar-refractivity contribution in [1.29, 1.82) is 0 Å². The molecule has 1 heterocycles. The molecule has 1 atom stereocenters. The molecule has 0 aromatic rings. The molecule has 1 aliphatic rings. The van der Waals surface area contributed by atoms with Crippen molar-refractivity contribution in [3.63, 3.8) is 0 Å². The topological polar surface area (TPSA) is 75.3 Å². The second-order valence-corrected chi connectivity index (χ2v) is 2.55. The van der Waals surface area contributed by atoms with Crippen LogP contribution in [0.1, 0.15) is 0 Å². The van der Waals surface area contributed by atoms with Crippen LogP contribution in [0, 0.1) is 0 Å². The summed E-state index contributed by atoms with van der Waals surface area (Å²) in [5.41, 5.74) is 5.18. The van der Waals surface area contributed by atoms with E-state index in [1.165, 1.54) is 17.2 Å².